The minimum atomic E-state index is -0.931. The summed E-state index contributed by atoms with van der Waals surface area (Å²) < 4.78 is 5.58. The number of carboxylic acids is 1. The molecular weight excluding hydrogens is 232 g/mol. The molecule has 1 N–H and O–H groups in total. The van der Waals surface area contributed by atoms with Crippen LogP contribution in [-0.2, 0) is 0 Å². The van der Waals surface area contributed by atoms with E-state index in [9.17, 15) is 4.79 Å². The zero-order valence-electron chi connectivity index (χ0n) is 5.63. The predicted octanol–water partition coefficient (Wildman–Crippen LogP) is 2.22. The molecule has 0 atom stereocenters. The van der Waals surface area contributed by atoms with Crippen LogP contribution >= 0.6 is 27.3 Å². The second-order valence-electron chi connectivity index (χ2n) is 1.76. The molecule has 0 radical (unpaired) electrons. The molecule has 1 aromatic rings. The van der Waals surface area contributed by atoms with Crippen molar-refractivity contribution in [3.05, 3.63) is 14.7 Å². The monoisotopic (exact) mass is 236 g/mol. The number of carbonyl (C=O) groups is 1. The molecule has 1 rings (SSSR count). The van der Waals surface area contributed by atoms with Crippen molar-refractivity contribution in [1.29, 1.82) is 0 Å². The molecule has 0 aromatic carbocycles. The van der Waals surface area contributed by atoms with Gasteiger partial charge in [-0.2, -0.15) is 0 Å². The van der Waals surface area contributed by atoms with E-state index < -0.39 is 5.97 Å². The fraction of sp³-hybridized carbons (Fsp3) is 0.167. The number of thiophene rings is 1. The van der Waals surface area contributed by atoms with Gasteiger partial charge < -0.3 is 9.84 Å². The average Bonchev–Trinajstić information content (AvgIpc) is 2.31. The molecule has 60 valence electrons. The highest BCUT2D eigenvalue weighted by atomic mass is 79.9. The molecular formula is C6H5BrO3S. The summed E-state index contributed by atoms with van der Waals surface area (Å²) in [5.41, 5.74) is 0. The van der Waals surface area contributed by atoms with Crippen LogP contribution in [0.25, 0.3) is 0 Å². The van der Waals surface area contributed by atoms with Crippen LogP contribution in [0.15, 0.2) is 9.85 Å². The molecule has 3 nitrogen and oxygen atoms in total. The Balaban J connectivity index is 3.05. The van der Waals surface area contributed by atoms with Crippen molar-refractivity contribution in [3.8, 4) is 5.75 Å². The van der Waals surface area contributed by atoms with Crippen molar-refractivity contribution in [3.63, 3.8) is 0 Å². The third kappa shape index (κ3) is 1.72. The lowest BCUT2D eigenvalue weighted by Crippen LogP contribution is -1.90. The van der Waals surface area contributed by atoms with Gasteiger partial charge in [-0.1, -0.05) is 0 Å². The molecule has 5 heteroatoms. The molecule has 0 amide bonds. The average molecular weight is 237 g/mol. The molecule has 1 heterocycles. The fourth-order valence-corrected chi connectivity index (χ4v) is 2.09. The molecule has 0 unspecified atom stereocenters. The summed E-state index contributed by atoms with van der Waals surface area (Å²) in [6.07, 6.45) is 0. The van der Waals surface area contributed by atoms with Crippen LogP contribution in [-0.4, -0.2) is 18.2 Å². The van der Waals surface area contributed by atoms with E-state index in [0.29, 0.717) is 9.54 Å². The summed E-state index contributed by atoms with van der Waals surface area (Å²) in [7, 11) is 1.50. The lowest BCUT2D eigenvalue weighted by atomic mass is 10.4. The first-order valence-corrected chi connectivity index (χ1v) is 4.32. The third-order valence-corrected chi connectivity index (χ3v) is 2.86. The van der Waals surface area contributed by atoms with Crippen LogP contribution in [0.4, 0.5) is 0 Å². The quantitative estimate of drug-likeness (QED) is 0.857. The minimum Gasteiger partial charge on any atom is -0.495 e. The van der Waals surface area contributed by atoms with Gasteiger partial charge in [-0.3, -0.25) is 0 Å². The van der Waals surface area contributed by atoms with Crippen LogP contribution in [0.3, 0.4) is 0 Å². The van der Waals surface area contributed by atoms with Crippen molar-refractivity contribution in [2.24, 2.45) is 0 Å². The molecule has 0 bridgehead atoms. The number of carboxylic acid groups (broad SMARTS) is 1. The summed E-state index contributed by atoms with van der Waals surface area (Å²) in [5.74, 6) is -0.369. The van der Waals surface area contributed by atoms with Crippen molar-refractivity contribution in [2.75, 3.05) is 7.11 Å². The van der Waals surface area contributed by atoms with Gasteiger partial charge in [0.05, 0.1) is 7.11 Å². The van der Waals surface area contributed by atoms with Gasteiger partial charge in [0.2, 0.25) is 0 Å². The van der Waals surface area contributed by atoms with E-state index in [1.807, 2.05) is 0 Å². The topological polar surface area (TPSA) is 46.5 Å². The van der Waals surface area contributed by atoms with Crippen molar-refractivity contribution >= 4 is 33.2 Å². The SMILES string of the molecule is COc1cc(C(=O)O)sc1Br. The second-order valence-corrected chi connectivity index (χ2v) is 4.13. The smallest absolute Gasteiger partial charge is 0.346 e. The zero-order valence-corrected chi connectivity index (χ0v) is 8.03. The summed E-state index contributed by atoms with van der Waals surface area (Å²) in [6, 6.07) is 1.48. The van der Waals surface area contributed by atoms with E-state index in [-0.39, 0.29) is 4.88 Å². The molecule has 0 saturated heterocycles. The van der Waals surface area contributed by atoms with Gasteiger partial charge in [0.1, 0.15) is 14.4 Å². The van der Waals surface area contributed by atoms with Gasteiger partial charge in [-0.05, 0) is 15.9 Å². The van der Waals surface area contributed by atoms with Crippen LogP contribution in [0, 0.1) is 0 Å². The van der Waals surface area contributed by atoms with Crippen LogP contribution < -0.4 is 4.74 Å². The maximum atomic E-state index is 10.4. The Morgan fingerprint density at radius 3 is 2.73 bits per heavy atom. The first-order valence-electron chi connectivity index (χ1n) is 2.71. The normalized spacial score (nSPS) is 9.64. The Morgan fingerprint density at radius 2 is 2.45 bits per heavy atom. The van der Waals surface area contributed by atoms with Crippen molar-refractivity contribution < 1.29 is 14.6 Å². The summed E-state index contributed by atoms with van der Waals surface area (Å²) >= 11 is 4.31. The Kier molecular flexibility index (Phi) is 2.51. The number of aromatic carboxylic acids is 1. The number of rotatable bonds is 2. The van der Waals surface area contributed by atoms with E-state index in [2.05, 4.69) is 15.9 Å². The Hall–Kier alpha value is -0.550. The molecule has 0 saturated carbocycles. The van der Waals surface area contributed by atoms with Gasteiger partial charge >= 0.3 is 5.97 Å². The maximum absolute atomic E-state index is 10.4. The third-order valence-electron chi connectivity index (χ3n) is 1.09. The van der Waals surface area contributed by atoms with Gasteiger partial charge in [-0.15, -0.1) is 11.3 Å². The minimum absolute atomic E-state index is 0.272. The highest BCUT2D eigenvalue weighted by Crippen LogP contribution is 2.33. The Morgan fingerprint density at radius 1 is 1.82 bits per heavy atom. The van der Waals surface area contributed by atoms with Crippen LogP contribution in [0.1, 0.15) is 9.67 Å². The standard InChI is InChI=1S/C6H5BrO3S/c1-10-3-2-4(6(8)9)11-5(3)7/h2H,1H3,(H,8,9). The number of hydrogen-bond donors (Lipinski definition) is 1. The summed E-state index contributed by atoms with van der Waals surface area (Å²) in [6.45, 7) is 0. The Labute approximate surface area is 75.7 Å². The highest BCUT2D eigenvalue weighted by molar-refractivity contribution is 9.11. The number of ether oxygens (including phenoxy) is 1. The van der Waals surface area contributed by atoms with Gasteiger partial charge in [0, 0.05) is 6.07 Å². The molecule has 0 aliphatic carbocycles. The molecule has 0 aliphatic heterocycles. The predicted molar refractivity (Wildman–Crippen MR) is 45.5 cm³/mol. The summed E-state index contributed by atoms with van der Waals surface area (Å²) in [4.78, 5) is 10.7. The van der Waals surface area contributed by atoms with Crippen molar-refractivity contribution in [2.45, 2.75) is 0 Å². The molecule has 0 aliphatic rings. The number of methoxy groups -OCH3 is 1. The number of halogens is 1. The largest absolute Gasteiger partial charge is 0.495 e. The lowest BCUT2D eigenvalue weighted by molar-refractivity contribution is 0.0702. The van der Waals surface area contributed by atoms with E-state index in [4.69, 9.17) is 9.84 Å². The van der Waals surface area contributed by atoms with Crippen LogP contribution in [0.5, 0.6) is 5.75 Å². The van der Waals surface area contributed by atoms with Crippen LogP contribution in [0.2, 0.25) is 0 Å². The lowest BCUT2D eigenvalue weighted by Gasteiger charge is -1.91. The van der Waals surface area contributed by atoms with E-state index in [1.165, 1.54) is 13.2 Å². The molecule has 0 spiro atoms. The van der Waals surface area contributed by atoms with E-state index in [1.54, 1.807) is 0 Å². The second kappa shape index (κ2) is 3.23. The highest BCUT2D eigenvalue weighted by Gasteiger charge is 2.11. The zero-order chi connectivity index (χ0) is 8.43. The van der Waals surface area contributed by atoms with E-state index in [0.717, 1.165) is 11.3 Å². The first-order chi connectivity index (χ1) is 5.15. The number of hydrogen-bond acceptors (Lipinski definition) is 3. The van der Waals surface area contributed by atoms with Crippen molar-refractivity contribution in [1.82, 2.24) is 0 Å². The molecule has 0 fully saturated rings. The molecule has 11 heavy (non-hydrogen) atoms. The van der Waals surface area contributed by atoms with Gasteiger partial charge in [0.15, 0.2) is 0 Å². The fourth-order valence-electron chi connectivity index (χ4n) is 0.597. The van der Waals surface area contributed by atoms with Gasteiger partial charge in [0.25, 0.3) is 0 Å². The maximum Gasteiger partial charge on any atom is 0.346 e. The summed E-state index contributed by atoms with van der Waals surface area (Å²) in [5, 5.41) is 8.55. The first kappa shape index (κ1) is 8.55. The van der Waals surface area contributed by atoms with Gasteiger partial charge in [-0.25, -0.2) is 4.79 Å². The Bertz CT molecular complexity index is 281. The molecule has 1 aromatic heterocycles. The van der Waals surface area contributed by atoms with E-state index >= 15 is 0 Å².